The summed E-state index contributed by atoms with van der Waals surface area (Å²) in [6.45, 7) is 4.31. The van der Waals surface area contributed by atoms with Crippen molar-refractivity contribution < 1.29 is 9.59 Å². The second-order valence-electron chi connectivity index (χ2n) is 6.69. The fourth-order valence-electron chi connectivity index (χ4n) is 3.54. The van der Waals surface area contributed by atoms with Gasteiger partial charge in [-0.05, 0) is 50.3 Å². The van der Waals surface area contributed by atoms with Gasteiger partial charge >= 0.3 is 0 Å². The maximum atomic E-state index is 12.7. The van der Waals surface area contributed by atoms with E-state index in [-0.39, 0.29) is 30.3 Å². The lowest BCUT2D eigenvalue weighted by molar-refractivity contribution is -0.117. The highest BCUT2D eigenvalue weighted by atomic mass is 35.5. The largest absolute Gasteiger partial charge is 0.339 e. The van der Waals surface area contributed by atoms with Gasteiger partial charge in [0.2, 0.25) is 5.91 Å². The highest BCUT2D eigenvalue weighted by molar-refractivity contribution is 5.99. The van der Waals surface area contributed by atoms with E-state index in [4.69, 9.17) is 5.73 Å². The molecule has 3 rings (SSSR count). The lowest BCUT2D eigenvalue weighted by Crippen LogP contribution is -2.42. The Labute approximate surface area is 149 Å². The minimum Gasteiger partial charge on any atom is -0.339 e. The Morgan fingerprint density at radius 2 is 1.96 bits per heavy atom. The van der Waals surface area contributed by atoms with Crippen LogP contribution in [0.4, 0.5) is 5.69 Å². The van der Waals surface area contributed by atoms with Crippen molar-refractivity contribution in [2.24, 2.45) is 11.7 Å². The Bertz CT molecular complexity index is 598. The Kier molecular flexibility index (Phi) is 6.24. The molecule has 0 radical (unpaired) electrons. The van der Waals surface area contributed by atoms with Crippen LogP contribution in [0.25, 0.3) is 0 Å². The number of piperidine rings is 1. The number of benzene rings is 1. The van der Waals surface area contributed by atoms with Crippen LogP contribution in [0.15, 0.2) is 24.3 Å². The third-order valence-corrected chi connectivity index (χ3v) is 5.05. The molecular formula is C18H26ClN3O2. The van der Waals surface area contributed by atoms with Gasteiger partial charge in [-0.3, -0.25) is 9.59 Å². The maximum Gasteiger partial charge on any atom is 0.253 e. The SMILES string of the molecule is CC(N)C1CCN(C(=O)c2cccc(N3CCCC3=O)c2)CC1.Cl. The Morgan fingerprint density at radius 1 is 1.25 bits per heavy atom. The molecule has 2 fully saturated rings. The van der Waals surface area contributed by atoms with Crippen molar-refractivity contribution in [2.45, 2.75) is 38.6 Å². The van der Waals surface area contributed by atoms with Crippen molar-refractivity contribution in [2.75, 3.05) is 24.5 Å². The topological polar surface area (TPSA) is 66.6 Å². The number of nitrogens with zero attached hydrogens (tertiary/aromatic N) is 2. The molecule has 2 amide bonds. The number of halogens is 1. The molecule has 1 unspecified atom stereocenters. The second-order valence-corrected chi connectivity index (χ2v) is 6.69. The van der Waals surface area contributed by atoms with Crippen LogP contribution < -0.4 is 10.6 Å². The summed E-state index contributed by atoms with van der Waals surface area (Å²) < 4.78 is 0. The predicted molar refractivity (Wildman–Crippen MR) is 97.6 cm³/mol. The molecular weight excluding hydrogens is 326 g/mol. The van der Waals surface area contributed by atoms with E-state index in [1.807, 2.05) is 36.1 Å². The maximum absolute atomic E-state index is 12.7. The van der Waals surface area contributed by atoms with E-state index in [1.54, 1.807) is 4.90 Å². The van der Waals surface area contributed by atoms with Crippen LogP contribution in [0.5, 0.6) is 0 Å². The van der Waals surface area contributed by atoms with Gasteiger partial charge in [0, 0.05) is 43.3 Å². The summed E-state index contributed by atoms with van der Waals surface area (Å²) in [5.74, 6) is 0.710. The number of rotatable bonds is 3. The minimum atomic E-state index is 0. The van der Waals surface area contributed by atoms with Gasteiger partial charge in [-0.1, -0.05) is 6.07 Å². The normalized spacial score (nSPS) is 20.0. The molecule has 0 spiro atoms. The van der Waals surface area contributed by atoms with Crippen molar-refractivity contribution in [3.63, 3.8) is 0 Å². The zero-order chi connectivity index (χ0) is 16.4. The number of carbonyl (C=O) groups excluding carboxylic acids is 2. The zero-order valence-electron chi connectivity index (χ0n) is 14.1. The van der Waals surface area contributed by atoms with Crippen LogP contribution >= 0.6 is 12.4 Å². The molecule has 0 aliphatic carbocycles. The molecule has 2 aliphatic heterocycles. The van der Waals surface area contributed by atoms with E-state index < -0.39 is 0 Å². The van der Waals surface area contributed by atoms with E-state index in [9.17, 15) is 9.59 Å². The molecule has 2 heterocycles. The van der Waals surface area contributed by atoms with Gasteiger partial charge in [0.1, 0.15) is 0 Å². The van der Waals surface area contributed by atoms with Crippen molar-refractivity contribution in [1.82, 2.24) is 4.90 Å². The summed E-state index contributed by atoms with van der Waals surface area (Å²) in [6, 6.07) is 7.65. The van der Waals surface area contributed by atoms with Crippen LogP contribution in [0.1, 0.15) is 43.0 Å². The van der Waals surface area contributed by atoms with Gasteiger partial charge in [-0.25, -0.2) is 0 Å². The van der Waals surface area contributed by atoms with E-state index in [0.29, 0.717) is 17.9 Å². The van der Waals surface area contributed by atoms with Crippen LogP contribution in [0.3, 0.4) is 0 Å². The summed E-state index contributed by atoms with van der Waals surface area (Å²) in [6.07, 6.45) is 3.42. The molecule has 6 heteroatoms. The molecule has 0 bridgehead atoms. The van der Waals surface area contributed by atoms with E-state index in [1.165, 1.54) is 0 Å². The van der Waals surface area contributed by atoms with Gasteiger partial charge in [0.05, 0.1) is 0 Å². The Hall–Kier alpha value is -1.59. The van der Waals surface area contributed by atoms with Gasteiger partial charge < -0.3 is 15.5 Å². The van der Waals surface area contributed by atoms with Crippen LogP contribution in [-0.4, -0.2) is 42.4 Å². The molecule has 132 valence electrons. The van der Waals surface area contributed by atoms with Gasteiger partial charge in [0.15, 0.2) is 0 Å². The van der Waals surface area contributed by atoms with Gasteiger partial charge in [-0.15, -0.1) is 12.4 Å². The Morgan fingerprint density at radius 3 is 2.54 bits per heavy atom. The fourth-order valence-corrected chi connectivity index (χ4v) is 3.54. The first-order valence-electron chi connectivity index (χ1n) is 8.51. The van der Waals surface area contributed by atoms with Crippen molar-refractivity contribution in [3.05, 3.63) is 29.8 Å². The van der Waals surface area contributed by atoms with Crippen molar-refractivity contribution in [3.8, 4) is 0 Å². The molecule has 2 saturated heterocycles. The summed E-state index contributed by atoms with van der Waals surface area (Å²) in [7, 11) is 0. The summed E-state index contributed by atoms with van der Waals surface area (Å²) in [5, 5.41) is 0. The molecule has 24 heavy (non-hydrogen) atoms. The number of hydrogen-bond donors (Lipinski definition) is 1. The van der Waals surface area contributed by atoms with Crippen molar-refractivity contribution in [1.29, 1.82) is 0 Å². The van der Waals surface area contributed by atoms with Gasteiger partial charge in [-0.2, -0.15) is 0 Å². The number of likely N-dealkylation sites (tertiary alicyclic amines) is 1. The summed E-state index contributed by atoms with van der Waals surface area (Å²) in [5.41, 5.74) is 7.47. The standard InChI is InChI=1S/C18H25N3O2.ClH/c1-13(19)14-7-10-20(11-8-14)18(23)15-4-2-5-16(12-15)21-9-3-6-17(21)22;/h2,4-5,12-14H,3,6-11,19H2,1H3;1H. The molecule has 5 nitrogen and oxygen atoms in total. The minimum absolute atomic E-state index is 0. The van der Waals surface area contributed by atoms with E-state index in [0.717, 1.165) is 44.6 Å². The summed E-state index contributed by atoms with van der Waals surface area (Å²) in [4.78, 5) is 28.3. The number of nitrogens with two attached hydrogens (primary N) is 1. The average molecular weight is 352 g/mol. The third kappa shape index (κ3) is 3.90. The molecule has 0 aromatic heterocycles. The zero-order valence-corrected chi connectivity index (χ0v) is 14.9. The lowest BCUT2D eigenvalue weighted by Gasteiger charge is -2.33. The second kappa shape index (κ2) is 7.99. The number of carbonyl (C=O) groups is 2. The van der Waals surface area contributed by atoms with Crippen LogP contribution in [0.2, 0.25) is 0 Å². The van der Waals surface area contributed by atoms with Crippen molar-refractivity contribution >= 4 is 29.9 Å². The predicted octanol–water partition coefficient (Wildman–Crippen LogP) is 2.43. The first-order chi connectivity index (χ1) is 11.1. The highest BCUT2D eigenvalue weighted by Gasteiger charge is 2.26. The lowest BCUT2D eigenvalue weighted by atomic mass is 9.90. The summed E-state index contributed by atoms with van der Waals surface area (Å²) >= 11 is 0. The fraction of sp³-hybridized carbons (Fsp3) is 0.556. The molecule has 1 aromatic carbocycles. The number of hydrogen-bond acceptors (Lipinski definition) is 3. The van der Waals surface area contributed by atoms with Gasteiger partial charge in [0.25, 0.3) is 5.91 Å². The molecule has 0 saturated carbocycles. The first kappa shape index (κ1) is 18.7. The average Bonchev–Trinajstić information content (AvgIpc) is 3.00. The number of amides is 2. The third-order valence-electron chi connectivity index (χ3n) is 5.05. The van der Waals surface area contributed by atoms with Crippen LogP contribution in [0, 0.1) is 5.92 Å². The number of anilines is 1. The molecule has 1 atom stereocenters. The van der Waals surface area contributed by atoms with E-state index >= 15 is 0 Å². The molecule has 2 aliphatic rings. The quantitative estimate of drug-likeness (QED) is 0.909. The molecule has 2 N–H and O–H groups in total. The highest BCUT2D eigenvalue weighted by Crippen LogP contribution is 2.25. The van der Waals surface area contributed by atoms with E-state index in [2.05, 4.69) is 0 Å². The first-order valence-corrected chi connectivity index (χ1v) is 8.51. The monoisotopic (exact) mass is 351 g/mol. The van der Waals surface area contributed by atoms with Crippen LogP contribution in [-0.2, 0) is 4.79 Å². The molecule has 1 aromatic rings. The Balaban J connectivity index is 0.00000208. The smallest absolute Gasteiger partial charge is 0.253 e.